The number of primary amides is 2. The molecule has 0 unspecified atom stereocenters. The lowest BCUT2D eigenvalue weighted by molar-refractivity contribution is -0.144. The average molecular weight is 419 g/mol. The third-order valence-corrected chi connectivity index (χ3v) is 4.55. The van der Waals surface area contributed by atoms with Gasteiger partial charge in [0.25, 0.3) is 17.7 Å². The molecule has 5 N–H and O–H groups in total. The highest BCUT2D eigenvalue weighted by Gasteiger charge is 2.29. The first-order valence-corrected chi connectivity index (χ1v) is 9.50. The monoisotopic (exact) mass is 419 g/mol. The Balaban J connectivity index is 2.47. The molecule has 0 spiro atoms. The van der Waals surface area contributed by atoms with Gasteiger partial charge in [-0.15, -0.1) is 0 Å². The standard InChI is InChI=1S/C20H26FN5O4/c1-12(2)9-16(20(30)24-25(18(28)11-21)8-7-17(22)27)26-14-6-4-3-5-13(14)10-15(26)19(23)29/h3-6,10,12,16H,7-9,11H2,1-2H3,(H2,22,27)(H2,23,29)(H,24,30)/t16-/m0/s1. The summed E-state index contributed by atoms with van der Waals surface area (Å²) in [7, 11) is 0. The summed E-state index contributed by atoms with van der Waals surface area (Å²) in [5.74, 6) is -3.02. The Morgan fingerprint density at radius 3 is 2.40 bits per heavy atom. The number of carbonyl (C=O) groups excluding carboxylic acids is 4. The van der Waals surface area contributed by atoms with Crippen molar-refractivity contribution in [1.82, 2.24) is 15.0 Å². The third-order valence-electron chi connectivity index (χ3n) is 4.55. The molecule has 1 atom stereocenters. The highest BCUT2D eigenvalue weighted by atomic mass is 19.1. The topological polar surface area (TPSA) is 141 Å². The lowest BCUT2D eigenvalue weighted by atomic mass is 10.0. The van der Waals surface area contributed by atoms with Gasteiger partial charge in [-0.05, 0) is 24.5 Å². The Hall–Kier alpha value is -3.43. The van der Waals surface area contributed by atoms with Crippen LogP contribution in [0.5, 0.6) is 0 Å². The van der Waals surface area contributed by atoms with Gasteiger partial charge in [0.15, 0.2) is 6.67 Å². The van der Waals surface area contributed by atoms with Gasteiger partial charge >= 0.3 is 0 Å². The summed E-state index contributed by atoms with van der Waals surface area (Å²) in [6.07, 6.45) is 0.0676. The van der Waals surface area contributed by atoms with Gasteiger partial charge in [-0.1, -0.05) is 32.0 Å². The Labute approximate surface area is 173 Å². The number of amides is 4. The highest BCUT2D eigenvalue weighted by molar-refractivity contribution is 5.99. The number of halogens is 1. The second-order valence-corrected chi connectivity index (χ2v) is 7.34. The summed E-state index contributed by atoms with van der Waals surface area (Å²) in [6.45, 7) is 2.17. The molecule has 0 saturated heterocycles. The Morgan fingerprint density at radius 2 is 1.83 bits per heavy atom. The van der Waals surface area contributed by atoms with Gasteiger partial charge in [-0.3, -0.25) is 29.6 Å². The summed E-state index contributed by atoms with van der Waals surface area (Å²) in [6, 6.07) is 7.78. The molecular weight excluding hydrogens is 393 g/mol. The minimum Gasteiger partial charge on any atom is -0.370 e. The van der Waals surface area contributed by atoms with Crippen LogP contribution in [-0.2, 0) is 14.4 Å². The van der Waals surface area contributed by atoms with E-state index < -0.39 is 36.3 Å². The average Bonchev–Trinajstić information content (AvgIpc) is 3.07. The van der Waals surface area contributed by atoms with Crippen molar-refractivity contribution in [2.45, 2.75) is 32.7 Å². The van der Waals surface area contributed by atoms with E-state index >= 15 is 0 Å². The molecule has 10 heteroatoms. The van der Waals surface area contributed by atoms with Crippen molar-refractivity contribution in [3.8, 4) is 0 Å². The molecule has 1 aromatic carbocycles. The molecule has 0 aliphatic carbocycles. The van der Waals surface area contributed by atoms with Crippen LogP contribution in [0.15, 0.2) is 30.3 Å². The van der Waals surface area contributed by atoms with E-state index in [-0.39, 0.29) is 24.6 Å². The van der Waals surface area contributed by atoms with Crippen LogP contribution in [0.1, 0.15) is 43.2 Å². The number of aromatic nitrogens is 1. The van der Waals surface area contributed by atoms with E-state index in [2.05, 4.69) is 5.43 Å². The fourth-order valence-corrected chi connectivity index (χ4v) is 3.22. The number of carbonyl (C=O) groups is 4. The van der Waals surface area contributed by atoms with Crippen LogP contribution < -0.4 is 16.9 Å². The molecule has 0 radical (unpaired) electrons. The zero-order valence-electron chi connectivity index (χ0n) is 16.9. The molecule has 0 bridgehead atoms. The van der Waals surface area contributed by atoms with Crippen LogP contribution in [0.3, 0.4) is 0 Å². The Morgan fingerprint density at radius 1 is 1.17 bits per heavy atom. The molecule has 30 heavy (non-hydrogen) atoms. The van der Waals surface area contributed by atoms with Gasteiger partial charge in [0, 0.05) is 17.3 Å². The zero-order valence-corrected chi connectivity index (χ0v) is 16.9. The molecule has 0 aliphatic heterocycles. The number of hydrazine groups is 1. The van der Waals surface area contributed by atoms with Gasteiger partial charge in [0.2, 0.25) is 5.91 Å². The van der Waals surface area contributed by atoms with Crippen LogP contribution in [-0.4, -0.2) is 46.4 Å². The van der Waals surface area contributed by atoms with E-state index in [1.54, 1.807) is 30.3 Å². The Kier molecular flexibility index (Phi) is 7.51. The maximum atomic E-state index is 13.2. The van der Waals surface area contributed by atoms with Crippen molar-refractivity contribution in [2.75, 3.05) is 13.2 Å². The van der Waals surface area contributed by atoms with E-state index in [9.17, 15) is 23.6 Å². The van der Waals surface area contributed by atoms with E-state index in [1.807, 2.05) is 13.8 Å². The molecule has 162 valence electrons. The quantitative estimate of drug-likeness (QED) is 0.522. The second kappa shape index (κ2) is 9.86. The number of nitrogens with zero attached hydrogens (tertiary/aromatic N) is 2. The number of para-hydroxylation sites is 1. The first-order valence-electron chi connectivity index (χ1n) is 9.50. The van der Waals surface area contributed by atoms with Crippen LogP contribution in [0, 0.1) is 5.92 Å². The fraction of sp³-hybridized carbons (Fsp3) is 0.400. The largest absolute Gasteiger partial charge is 0.370 e. The number of rotatable bonds is 9. The molecule has 1 heterocycles. The third kappa shape index (κ3) is 5.34. The van der Waals surface area contributed by atoms with Gasteiger partial charge in [-0.25, -0.2) is 4.39 Å². The maximum absolute atomic E-state index is 13.2. The van der Waals surface area contributed by atoms with E-state index in [4.69, 9.17) is 11.5 Å². The summed E-state index contributed by atoms with van der Waals surface area (Å²) >= 11 is 0. The second-order valence-electron chi connectivity index (χ2n) is 7.34. The lowest BCUT2D eigenvalue weighted by Crippen LogP contribution is -2.50. The Bertz CT molecular complexity index is 956. The van der Waals surface area contributed by atoms with Crippen molar-refractivity contribution >= 4 is 34.5 Å². The van der Waals surface area contributed by atoms with Gasteiger partial charge in [-0.2, -0.15) is 0 Å². The van der Waals surface area contributed by atoms with Crippen LogP contribution in [0.25, 0.3) is 10.9 Å². The zero-order chi connectivity index (χ0) is 22.4. The van der Waals surface area contributed by atoms with E-state index in [0.717, 1.165) is 10.4 Å². The maximum Gasteiger partial charge on any atom is 0.272 e. The minimum atomic E-state index is -1.35. The summed E-state index contributed by atoms with van der Waals surface area (Å²) in [4.78, 5) is 48.2. The molecule has 0 fully saturated rings. The van der Waals surface area contributed by atoms with Gasteiger partial charge < -0.3 is 16.0 Å². The number of hydrogen-bond donors (Lipinski definition) is 3. The number of alkyl halides is 1. The van der Waals surface area contributed by atoms with Crippen molar-refractivity contribution in [3.63, 3.8) is 0 Å². The predicted molar refractivity (Wildman–Crippen MR) is 109 cm³/mol. The molecule has 0 saturated carbocycles. The number of hydrogen-bond acceptors (Lipinski definition) is 4. The van der Waals surface area contributed by atoms with Gasteiger partial charge in [0.1, 0.15) is 11.7 Å². The number of fused-ring (bicyclic) bond motifs is 1. The van der Waals surface area contributed by atoms with Gasteiger partial charge in [0.05, 0.1) is 6.54 Å². The van der Waals surface area contributed by atoms with E-state index in [1.165, 1.54) is 4.57 Å². The molecule has 1 aromatic heterocycles. The normalized spacial score (nSPS) is 12.0. The van der Waals surface area contributed by atoms with Crippen molar-refractivity contribution in [2.24, 2.45) is 17.4 Å². The van der Waals surface area contributed by atoms with Crippen molar-refractivity contribution in [1.29, 1.82) is 0 Å². The van der Waals surface area contributed by atoms with E-state index in [0.29, 0.717) is 11.9 Å². The van der Waals surface area contributed by atoms with Crippen LogP contribution in [0.4, 0.5) is 4.39 Å². The number of benzene rings is 1. The molecular formula is C20H26FN5O4. The first kappa shape index (κ1) is 22.9. The van der Waals surface area contributed by atoms with Crippen molar-refractivity contribution < 1.29 is 23.6 Å². The molecule has 4 amide bonds. The lowest BCUT2D eigenvalue weighted by Gasteiger charge is -2.27. The fourth-order valence-electron chi connectivity index (χ4n) is 3.22. The summed E-state index contributed by atoms with van der Waals surface area (Å²) < 4.78 is 14.5. The summed E-state index contributed by atoms with van der Waals surface area (Å²) in [5.41, 5.74) is 13.8. The van der Waals surface area contributed by atoms with Crippen LogP contribution >= 0.6 is 0 Å². The smallest absolute Gasteiger partial charge is 0.272 e. The molecule has 2 rings (SSSR count). The summed E-state index contributed by atoms with van der Waals surface area (Å²) in [5, 5.41) is 1.45. The molecule has 0 aliphatic rings. The number of nitrogens with two attached hydrogens (primary N) is 2. The highest BCUT2D eigenvalue weighted by Crippen LogP contribution is 2.28. The molecule has 9 nitrogen and oxygen atoms in total. The predicted octanol–water partition coefficient (Wildman–Crippen LogP) is 1.03. The first-order chi connectivity index (χ1) is 14.1. The minimum absolute atomic E-state index is 0.0404. The number of nitrogens with one attached hydrogen (secondary N) is 1. The molecule has 2 aromatic rings. The van der Waals surface area contributed by atoms with Crippen LogP contribution in [0.2, 0.25) is 0 Å². The van der Waals surface area contributed by atoms with Crippen molar-refractivity contribution in [3.05, 3.63) is 36.0 Å². The SMILES string of the molecule is CC(C)C[C@@H](C(=O)NN(CCC(N)=O)C(=O)CF)n1c(C(N)=O)cc2ccccc21.